The van der Waals surface area contributed by atoms with Crippen molar-refractivity contribution < 1.29 is 0 Å². The van der Waals surface area contributed by atoms with Crippen LogP contribution in [-0.4, -0.2) is 41.7 Å². The van der Waals surface area contributed by atoms with Crippen LogP contribution < -0.4 is 0 Å². The van der Waals surface area contributed by atoms with E-state index in [4.69, 9.17) is 0 Å². The van der Waals surface area contributed by atoms with E-state index in [2.05, 4.69) is 22.1 Å². The minimum atomic E-state index is -0.497. The Morgan fingerprint density at radius 1 is 1.12 bits per heavy atom. The molecule has 0 fully saturated rings. The van der Waals surface area contributed by atoms with Gasteiger partial charge in [0, 0.05) is 0 Å². The SMILES string of the molecule is C1=CC2=[Te]([Se]1)[Se]C=C2. The van der Waals surface area contributed by atoms with Gasteiger partial charge in [0.05, 0.1) is 0 Å². The molecule has 0 aromatic carbocycles. The molecule has 0 saturated heterocycles. The van der Waals surface area contributed by atoms with Gasteiger partial charge in [-0.05, 0) is 0 Å². The summed E-state index contributed by atoms with van der Waals surface area (Å²) < 4.78 is 1.77. The number of hydrogen-bond donors (Lipinski definition) is 0. The van der Waals surface area contributed by atoms with Crippen molar-refractivity contribution in [3.05, 3.63) is 22.1 Å². The number of rotatable bonds is 0. The summed E-state index contributed by atoms with van der Waals surface area (Å²) in [6, 6.07) is 0. The average molecular weight is 350 g/mol. The van der Waals surface area contributed by atoms with Crippen molar-refractivity contribution in [2.75, 3.05) is 0 Å². The van der Waals surface area contributed by atoms with Crippen LogP contribution in [0.5, 0.6) is 0 Å². The Labute approximate surface area is 63.1 Å². The zero-order valence-electron chi connectivity index (χ0n) is 4.03. The van der Waals surface area contributed by atoms with E-state index in [-0.39, 0.29) is 0 Å². The fourth-order valence-electron chi connectivity index (χ4n) is 0.591. The fraction of sp³-hybridized carbons (Fsp3) is 0. The first kappa shape index (κ1) is 5.93. The minimum absolute atomic E-state index is 0.497. The summed E-state index contributed by atoms with van der Waals surface area (Å²) in [5.41, 5.74) is 0. The summed E-state index contributed by atoms with van der Waals surface area (Å²) in [6.45, 7) is 0. The number of hydrogen-bond acceptors (Lipinski definition) is 0. The van der Waals surface area contributed by atoms with Gasteiger partial charge in [0.25, 0.3) is 0 Å². The van der Waals surface area contributed by atoms with Gasteiger partial charge in [-0.3, -0.25) is 0 Å². The van der Waals surface area contributed by atoms with Gasteiger partial charge in [-0.1, -0.05) is 0 Å². The van der Waals surface area contributed by atoms with Crippen LogP contribution in [0.4, 0.5) is 0 Å². The standard InChI is InChI=1S/C5H4Se2Te/c1-3-6-8-5(1)2-4-7-8/h1-4H. The van der Waals surface area contributed by atoms with Crippen LogP contribution in [0.3, 0.4) is 0 Å². The number of allylic oxidation sites excluding steroid dienone is 2. The van der Waals surface area contributed by atoms with E-state index < -0.39 is 14.6 Å². The van der Waals surface area contributed by atoms with Crippen LogP contribution in [0.1, 0.15) is 0 Å². The van der Waals surface area contributed by atoms with Gasteiger partial charge in [-0.25, -0.2) is 0 Å². The van der Waals surface area contributed by atoms with Crippen molar-refractivity contribution in [2.24, 2.45) is 0 Å². The van der Waals surface area contributed by atoms with Gasteiger partial charge >= 0.3 is 63.8 Å². The molecule has 2 aliphatic rings. The first-order valence-electron chi connectivity index (χ1n) is 2.25. The zero-order valence-corrected chi connectivity index (χ0v) is 9.79. The molecule has 0 aromatic heterocycles. The Morgan fingerprint density at radius 2 is 1.75 bits per heavy atom. The molecule has 0 nitrogen and oxygen atoms in total. The first-order chi connectivity index (χ1) is 3.97. The molecule has 0 N–H and O–H groups in total. The molecule has 3 heteroatoms. The molecule has 2 heterocycles. The molecule has 0 saturated carbocycles. The summed E-state index contributed by atoms with van der Waals surface area (Å²) in [7, 11) is 0. The van der Waals surface area contributed by atoms with E-state index in [1.54, 1.807) is 3.55 Å². The maximum absolute atomic E-state index is 2.42. The van der Waals surface area contributed by atoms with Crippen LogP contribution in [-0.2, 0) is 0 Å². The van der Waals surface area contributed by atoms with E-state index >= 15 is 0 Å². The quantitative estimate of drug-likeness (QED) is 0.527. The van der Waals surface area contributed by atoms with Gasteiger partial charge in [-0.2, -0.15) is 0 Å². The Bertz CT molecular complexity index is 182. The molecule has 42 valence electrons. The van der Waals surface area contributed by atoms with Gasteiger partial charge in [0.2, 0.25) is 0 Å². The molecule has 0 unspecified atom stereocenters. The topological polar surface area (TPSA) is 0 Å². The molecule has 8 heavy (non-hydrogen) atoms. The zero-order chi connectivity index (χ0) is 5.40. The summed E-state index contributed by atoms with van der Waals surface area (Å²) in [5.74, 6) is 0. The fourth-order valence-corrected chi connectivity index (χ4v) is 26.3. The van der Waals surface area contributed by atoms with Crippen LogP contribution in [0.15, 0.2) is 22.1 Å². The van der Waals surface area contributed by atoms with E-state index in [0.29, 0.717) is 0 Å². The van der Waals surface area contributed by atoms with E-state index in [9.17, 15) is 0 Å². The monoisotopic (exact) mass is 354 g/mol. The summed E-state index contributed by atoms with van der Waals surface area (Å²) in [5, 5.41) is 0. The molecule has 0 spiro atoms. The second-order valence-corrected chi connectivity index (χ2v) is 28.3. The predicted molar refractivity (Wildman–Crippen MR) is 40.5 cm³/mol. The van der Waals surface area contributed by atoms with Crippen LogP contribution >= 0.6 is 0 Å². The third kappa shape index (κ3) is 0.929. The summed E-state index contributed by atoms with van der Waals surface area (Å²) in [4.78, 5) is 4.84. The van der Waals surface area contributed by atoms with Gasteiger partial charge in [0.15, 0.2) is 0 Å². The maximum atomic E-state index is 2.42. The van der Waals surface area contributed by atoms with Gasteiger partial charge in [-0.15, -0.1) is 0 Å². The van der Waals surface area contributed by atoms with Crippen molar-refractivity contribution in [3.63, 3.8) is 0 Å². The molecule has 2 rings (SSSR count). The normalized spacial score (nSPS) is 25.2. The first-order valence-corrected chi connectivity index (χ1v) is 16.7. The van der Waals surface area contributed by atoms with Crippen LogP contribution in [0.2, 0.25) is 0 Å². The molecular weight excluding hydrogens is 346 g/mol. The molecular formula is C5H4Se2Te. The average Bonchev–Trinajstić information content (AvgIpc) is 2.15. The molecule has 0 aromatic rings. The second-order valence-electron chi connectivity index (χ2n) is 1.44. The molecule has 0 atom stereocenters. The summed E-state index contributed by atoms with van der Waals surface area (Å²) in [6.07, 6.45) is 4.73. The van der Waals surface area contributed by atoms with E-state index in [0.717, 1.165) is 23.5 Å². The van der Waals surface area contributed by atoms with Crippen LogP contribution in [0, 0.1) is 0 Å². The van der Waals surface area contributed by atoms with Gasteiger partial charge in [0.1, 0.15) is 0 Å². The Kier molecular flexibility index (Phi) is 1.80. The molecule has 0 amide bonds. The van der Waals surface area contributed by atoms with E-state index in [1.165, 1.54) is 0 Å². The van der Waals surface area contributed by atoms with Crippen molar-refractivity contribution in [2.45, 2.75) is 0 Å². The van der Waals surface area contributed by atoms with E-state index in [1.807, 2.05) is 0 Å². The van der Waals surface area contributed by atoms with Crippen molar-refractivity contribution >= 4 is 41.7 Å². The molecule has 0 bridgehead atoms. The van der Waals surface area contributed by atoms with Crippen molar-refractivity contribution in [3.8, 4) is 0 Å². The molecule has 2 aliphatic heterocycles. The Balaban J connectivity index is 2.43. The second kappa shape index (κ2) is 2.43. The van der Waals surface area contributed by atoms with Crippen LogP contribution in [0.25, 0.3) is 0 Å². The van der Waals surface area contributed by atoms with Gasteiger partial charge < -0.3 is 0 Å². The third-order valence-corrected chi connectivity index (χ3v) is 30.0. The predicted octanol–water partition coefficient (Wildman–Crippen LogP) is -0.308. The Hall–Kier alpha value is 1.18. The third-order valence-electron chi connectivity index (χ3n) is 0.943. The van der Waals surface area contributed by atoms with Crippen molar-refractivity contribution in [1.82, 2.24) is 0 Å². The van der Waals surface area contributed by atoms with Crippen molar-refractivity contribution in [1.29, 1.82) is 0 Å². The Morgan fingerprint density at radius 3 is 2.25 bits per heavy atom. The molecule has 0 aliphatic carbocycles. The summed E-state index contributed by atoms with van der Waals surface area (Å²) >= 11 is 1.48. The molecule has 0 radical (unpaired) electrons.